The van der Waals surface area contributed by atoms with E-state index in [2.05, 4.69) is 31.9 Å². The zero-order chi connectivity index (χ0) is 22.7. The van der Waals surface area contributed by atoms with Crippen LogP contribution in [0.1, 0.15) is 13.8 Å². The molecule has 0 bridgehead atoms. The molecule has 9 heteroatoms. The molecule has 4 rings (SSSR count). The lowest BCUT2D eigenvalue weighted by atomic mass is 10.1. The maximum absolute atomic E-state index is 13.1. The molecule has 0 aliphatic carbocycles. The van der Waals surface area contributed by atoms with Gasteiger partial charge in [0.2, 0.25) is 0 Å². The molecule has 0 atom stereocenters. The van der Waals surface area contributed by atoms with E-state index >= 15 is 0 Å². The minimum absolute atomic E-state index is 0.0244. The van der Waals surface area contributed by atoms with Crippen molar-refractivity contribution < 1.29 is 9.53 Å². The number of benzene rings is 1. The number of hydrogen-bond donors (Lipinski definition) is 0. The van der Waals surface area contributed by atoms with Crippen molar-refractivity contribution in [2.45, 2.75) is 19.4 Å². The topological polar surface area (TPSA) is 65.0 Å². The van der Waals surface area contributed by atoms with Gasteiger partial charge in [-0.25, -0.2) is 0 Å². The van der Waals surface area contributed by atoms with Gasteiger partial charge in [0, 0.05) is 57.4 Å². The highest BCUT2D eigenvalue weighted by molar-refractivity contribution is 6.30. The Bertz CT molecular complexity index is 905. The molecule has 2 aliphatic heterocycles. The van der Waals surface area contributed by atoms with E-state index in [4.69, 9.17) is 16.3 Å². The quantitative estimate of drug-likeness (QED) is 0.681. The van der Waals surface area contributed by atoms with Crippen molar-refractivity contribution in [1.29, 1.82) is 0 Å². The Morgan fingerprint density at radius 3 is 1.84 bits per heavy atom. The van der Waals surface area contributed by atoms with E-state index in [1.54, 1.807) is 38.1 Å². The summed E-state index contributed by atoms with van der Waals surface area (Å²) in [7, 11) is 2.14. The monoisotopic (exact) mass is 458 g/mol. The molecule has 1 aromatic heterocycles. The van der Waals surface area contributed by atoms with Crippen molar-refractivity contribution >= 4 is 29.1 Å². The highest BCUT2D eigenvalue weighted by atomic mass is 35.5. The summed E-state index contributed by atoms with van der Waals surface area (Å²) in [4.78, 5) is 21.7. The van der Waals surface area contributed by atoms with E-state index in [9.17, 15) is 4.79 Å². The first-order valence-electron chi connectivity index (χ1n) is 11.1. The van der Waals surface area contributed by atoms with Crippen LogP contribution in [0, 0.1) is 0 Å². The minimum atomic E-state index is -0.958. The zero-order valence-electron chi connectivity index (χ0n) is 19.0. The number of carbonyl (C=O) groups excluding carboxylic acids is 1. The number of aromatic nitrogens is 2. The molecule has 0 saturated carbocycles. The molecule has 2 saturated heterocycles. The van der Waals surface area contributed by atoms with Crippen molar-refractivity contribution in [3.8, 4) is 5.75 Å². The zero-order valence-corrected chi connectivity index (χ0v) is 19.8. The van der Waals surface area contributed by atoms with Crippen molar-refractivity contribution in [1.82, 2.24) is 20.0 Å². The van der Waals surface area contributed by atoms with Crippen LogP contribution in [0.5, 0.6) is 5.75 Å². The predicted molar refractivity (Wildman–Crippen MR) is 127 cm³/mol. The van der Waals surface area contributed by atoms with Gasteiger partial charge in [0.1, 0.15) is 5.75 Å². The second-order valence-electron chi connectivity index (χ2n) is 8.89. The van der Waals surface area contributed by atoms with Crippen molar-refractivity contribution in [3.63, 3.8) is 0 Å². The number of anilines is 2. The molecular formula is C23H31ClN6O2. The van der Waals surface area contributed by atoms with Crippen LogP contribution in [0.2, 0.25) is 5.02 Å². The number of piperazine rings is 2. The Labute approximate surface area is 194 Å². The standard InChI is InChI=1S/C23H31ClN6O2/c1-23(2,32-19-6-4-18(24)5-7-19)22(31)30-16-14-29(15-17-30)21-9-8-20(25-26-21)28-12-10-27(3)11-13-28/h4-9H,10-17H2,1-3H3. The summed E-state index contributed by atoms with van der Waals surface area (Å²) < 4.78 is 5.97. The molecule has 172 valence electrons. The Morgan fingerprint density at radius 1 is 0.844 bits per heavy atom. The fourth-order valence-electron chi connectivity index (χ4n) is 4.05. The molecule has 1 amide bonds. The lowest BCUT2D eigenvalue weighted by Gasteiger charge is -2.39. The second-order valence-corrected chi connectivity index (χ2v) is 9.32. The van der Waals surface area contributed by atoms with E-state index in [0.29, 0.717) is 37.0 Å². The largest absolute Gasteiger partial charge is 0.478 e. The van der Waals surface area contributed by atoms with Gasteiger partial charge in [0.25, 0.3) is 5.91 Å². The Hall–Kier alpha value is -2.58. The number of likely N-dealkylation sites (N-methyl/N-ethyl adjacent to an activating group) is 1. The van der Waals surface area contributed by atoms with Crippen LogP contribution >= 0.6 is 11.6 Å². The van der Waals surface area contributed by atoms with E-state index in [-0.39, 0.29) is 5.91 Å². The van der Waals surface area contributed by atoms with Crippen LogP contribution in [-0.4, -0.2) is 90.9 Å². The summed E-state index contributed by atoms with van der Waals surface area (Å²) >= 11 is 5.94. The summed E-state index contributed by atoms with van der Waals surface area (Å²) in [5.41, 5.74) is -0.958. The molecule has 2 aliphatic rings. The van der Waals surface area contributed by atoms with Crippen LogP contribution in [0.15, 0.2) is 36.4 Å². The molecule has 0 radical (unpaired) electrons. The lowest BCUT2D eigenvalue weighted by molar-refractivity contribution is -0.145. The summed E-state index contributed by atoms with van der Waals surface area (Å²) in [6, 6.07) is 11.2. The van der Waals surface area contributed by atoms with Gasteiger partial charge in [-0.05, 0) is 57.3 Å². The molecule has 0 unspecified atom stereocenters. The first-order chi connectivity index (χ1) is 15.3. The van der Waals surface area contributed by atoms with Crippen molar-refractivity contribution in [3.05, 3.63) is 41.4 Å². The first-order valence-corrected chi connectivity index (χ1v) is 11.5. The SMILES string of the molecule is CN1CCN(c2ccc(N3CCN(C(=O)C(C)(C)Oc4ccc(Cl)cc4)CC3)nn2)CC1. The van der Waals surface area contributed by atoms with Gasteiger partial charge in [-0.15, -0.1) is 10.2 Å². The number of carbonyl (C=O) groups is 1. The van der Waals surface area contributed by atoms with E-state index in [0.717, 1.165) is 37.8 Å². The molecule has 0 spiro atoms. The van der Waals surface area contributed by atoms with Gasteiger partial charge in [-0.2, -0.15) is 0 Å². The molecule has 1 aromatic carbocycles. The average molecular weight is 459 g/mol. The molecule has 3 heterocycles. The van der Waals surface area contributed by atoms with Crippen LogP contribution < -0.4 is 14.5 Å². The number of rotatable bonds is 5. The number of ether oxygens (including phenoxy) is 1. The summed E-state index contributed by atoms with van der Waals surface area (Å²) in [6.45, 7) is 10.3. The van der Waals surface area contributed by atoms with Crippen LogP contribution in [0.3, 0.4) is 0 Å². The van der Waals surface area contributed by atoms with Gasteiger partial charge in [0.05, 0.1) is 0 Å². The number of halogens is 1. The summed E-state index contributed by atoms with van der Waals surface area (Å²) in [5, 5.41) is 9.55. The fraction of sp³-hybridized carbons (Fsp3) is 0.522. The molecule has 0 N–H and O–H groups in total. The van der Waals surface area contributed by atoms with Crippen molar-refractivity contribution in [2.24, 2.45) is 0 Å². The molecule has 32 heavy (non-hydrogen) atoms. The Kier molecular flexibility index (Phi) is 6.71. The maximum atomic E-state index is 13.1. The van der Waals surface area contributed by atoms with Gasteiger partial charge in [0.15, 0.2) is 17.2 Å². The van der Waals surface area contributed by atoms with E-state index in [1.807, 2.05) is 17.0 Å². The van der Waals surface area contributed by atoms with E-state index < -0.39 is 5.60 Å². The second kappa shape index (κ2) is 9.50. The smallest absolute Gasteiger partial charge is 0.266 e. The van der Waals surface area contributed by atoms with Crippen LogP contribution in [-0.2, 0) is 4.79 Å². The molecular weight excluding hydrogens is 428 g/mol. The lowest BCUT2D eigenvalue weighted by Crippen LogP contribution is -2.56. The van der Waals surface area contributed by atoms with Gasteiger partial charge >= 0.3 is 0 Å². The van der Waals surface area contributed by atoms with E-state index in [1.165, 1.54) is 0 Å². The van der Waals surface area contributed by atoms with Gasteiger partial charge in [-0.3, -0.25) is 4.79 Å². The molecule has 2 aromatic rings. The Morgan fingerprint density at radius 2 is 1.34 bits per heavy atom. The third-order valence-electron chi connectivity index (χ3n) is 6.06. The number of amides is 1. The third kappa shape index (κ3) is 5.24. The highest BCUT2D eigenvalue weighted by Crippen LogP contribution is 2.24. The third-order valence-corrected chi connectivity index (χ3v) is 6.31. The predicted octanol–water partition coefficient (Wildman–Crippen LogP) is 2.39. The van der Waals surface area contributed by atoms with Crippen LogP contribution in [0.25, 0.3) is 0 Å². The van der Waals surface area contributed by atoms with Gasteiger partial charge < -0.3 is 24.3 Å². The fourth-order valence-corrected chi connectivity index (χ4v) is 4.18. The van der Waals surface area contributed by atoms with Gasteiger partial charge in [-0.1, -0.05) is 11.6 Å². The normalized spacial score (nSPS) is 18.1. The summed E-state index contributed by atoms with van der Waals surface area (Å²) in [6.07, 6.45) is 0. The highest BCUT2D eigenvalue weighted by Gasteiger charge is 2.36. The minimum Gasteiger partial charge on any atom is -0.478 e. The number of hydrogen-bond acceptors (Lipinski definition) is 7. The molecule has 8 nitrogen and oxygen atoms in total. The number of nitrogens with zero attached hydrogens (tertiary/aromatic N) is 6. The van der Waals surface area contributed by atoms with Crippen LogP contribution in [0.4, 0.5) is 11.6 Å². The summed E-state index contributed by atoms with van der Waals surface area (Å²) in [5.74, 6) is 2.38. The Balaban J connectivity index is 1.31. The maximum Gasteiger partial charge on any atom is 0.266 e. The van der Waals surface area contributed by atoms with Crippen molar-refractivity contribution in [2.75, 3.05) is 69.2 Å². The molecule has 2 fully saturated rings. The average Bonchev–Trinajstić information content (AvgIpc) is 2.81. The first kappa shape index (κ1) is 22.6.